The Morgan fingerprint density at radius 1 is 1.14 bits per heavy atom. The summed E-state index contributed by atoms with van der Waals surface area (Å²) in [5.41, 5.74) is -0.160. The molecule has 0 unspecified atom stereocenters. The zero-order valence-electron chi connectivity index (χ0n) is 14.5. The van der Waals surface area contributed by atoms with Crippen LogP contribution in [0.5, 0.6) is 23.0 Å². The molecule has 3 aromatic rings. The Kier molecular flexibility index (Phi) is 5.51. The number of hydrogen-bond donors (Lipinski definition) is 3. The second-order valence-electron chi connectivity index (χ2n) is 5.59. The first-order valence-electron chi connectivity index (χ1n) is 7.91. The number of benzene rings is 2. The molecular formula is C19H14ClFN2O5. The number of phenols is 1. The van der Waals surface area contributed by atoms with Gasteiger partial charge >= 0.3 is 0 Å². The van der Waals surface area contributed by atoms with Crippen molar-refractivity contribution in [3.05, 3.63) is 75.4 Å². The molecule has 0 atom stereocenters. The highest BCUT2D eigenvalue weighted by Gasteiger charge is 2.19. The van der Waals surface area contributed by atoms with Crippen LogP contribution in [0, 0.1) is 5.82 Å². The van der Waals surface area contributed by atoms with Crippen LogP contribution in [-0.4, -0.2) is 23.1 Å². The number of methoxy groups -OCH3 is 1. The molecule has 0 saturated heterocycles. The second-order valence-corrected chi connectivity index (χ2v) is 6.00. The van der Waals surface area contributed by atoms with Gasteiger partial charge in [-0.05, 0) is 24.3 Å². The lowest BCUT2D eigenvalue weighted by molar-refractivity contribution is 0.102. The van der Waals surface area contributed by atoms with Gasteiger partial charge in [0.05, 0.1) is 17.7 Å². The van der Waals surface area contributed by atoms with E-state index in [1.54, 1.807) is 0 Å². The minimum atomic E-state index is -0.636. The third kappa shape index (κ3) is 4.24. The van der Waals surface area contributed by atoms with Crippen molar-refractivity contribution in [1.82, 2.24) is 4.98 Å². The summed E-state index contributed by atoms with van der Waals surface area (Å²) in [5, 5.41) is 12.4. The number of pyridine rings is 1. The zero-order valence-corrected chi connectivity index (χ0v) is 15.2. The minimum Gasteiger partial charge on any atom is -0.506 e. The fourth-order valence-corrected chi connectivity index (χ4v) is 2.53. The summed E-state index contributed by atoms with van der Waals surface area (Å²) >= 11 is 5.93. The van der Waals surface area contributed by atoms with Crippen molar-refractivity contribution in [2.24, 2.45) is 0 Å². The lowest BCUT2D eigenvalue weighted by atomic mass is 10.1. The summed E-state index contributed by atoms with van der Waals surface area (Å²) in [6, 6.07) is 8.64. The molecule has 0 aliphatic carbocycles. The van der Waals surface area contributed by atoms with Crippen LogP contribution in [0.2, 0.25) is 5.02 Å². The highest BCUT2D eigenvalue weighted by molar-refractivity contribution is 6.32. The predicted octanol–water partition coefficient (Wildman–Crippen LogP) is 3.93. The lowest BCUT2D eigenvalue weighted by Crippen LogP contribution is -2.15. The van der Waals surface area contributed by atoms with E-state index in [0.717, 1.165) is 18.2 Å². The number of anilines is 1. The van der Waals surface area contributed by atoms with E-state index in [-0.39, 0.29) is 39.3 Å². The van der Waals surface area contributed by atoms with Crippen LogP contribution in [-0.2, 0) is 0 Å². The van der Waals surface area contributed by atoms with Gasteiger partial charge in [0.2, 0.25) is 5.56 Å². The third-order valence-electron chi connectivity index (χ3n) is 3.67. The number of carbonyl (C=O) groups excluding carboxylic acids is 1. The highest BCUT2D eigenvalue weighted by Crippen LogP contribution is 2.38. The fourth-order valence-electron chi connectivity index (χ4n) is 2.37. The summed E-state index contributed by atoms with van der Waals surface area (Å²) < 4.78 is 24.1. The molecule has 0 radical (unpaired) electrons. The smallest absolute Gasteiger partial charge is 0.259 e. The van der Waals surface area contributed by atoms with E-state index in [0.29, 0.717) is 0 Å². The van der Waals surface area contributed by atoms with Crippen molar-refractivity contribution < 1.29 is 23.8 Å². The second kappa shape index (κ2) is 8.01. The number of aromatic nitrogens is 1. The molecule has 0 aliphatic heterocycles. The molecule has 0 fully saturated rings. The number of amides is 1. The van der Waals surface area contributed by atoms with Gasteiger partial charge in [0.15, 0.2) is 11.5 Å². The third-order valence-corrected chi connectivity index (χ3v) is 3.97. The topological polar surface area (TPSA) is 101 Å². The van der Waals surface area contributed by atoms with Crippen molar-refractivity contribution in [1.29, 1.82) is 0 Å². The van der Waals surface area contributed by atoms with E-state index in [4.69, 9.17) is 21.1 Å². The molecule has 28 heavy (non-hydrogen) atoms. The molecule has 1 amide bonds. The Morgan fingerprint density at radius 3 is 2.64 bits per heavy atom. The van der Waals surface area contributed by atoms with Gasteiger partial charge < -0.3 is 24.9 Å². The van der Waals surface area contributed by atoms with Gasteiger partial charge in [-0.1, -0.05) is 11.6 Å². The summed E-state index contributed by atoms with van der Waals surface area (Å²) in [5.74, 6) is -1.31. The normalized spacial score (nSPS) is 10.4. The molecule has 1 heterocycles. The molecule has 3 N–H and O–H groups in total. The lowest BCUT2D eigenvalue weighted by Gasteiger charge is -2.15. The monoisotopic (exact) mass is 404 g/mol. The Balaban J connectivity index is 1.99. The molecule has 9 heteroatoms. The number of H-pyrrole nitrogens is 1. The first-order valence-corrected chi connectivity index (χ1v) is 8.29. The summed E-state index contributed by atoms with van der Waals surface area (Å²) in [6.45, 7) is 0. The predicted molar refractivity (Wildman–Crippen MR) is 101 cm³/mol. The van der Waals surface area contributed by atoms with Crippen molar-refractivity contribution in [2.45, 2.75) is 0 Å². The van der Waals surface area contributed by atoms with Gasteiger partial charge in [-0.25, -0.2) is 4.39 Å². The number of nitrogens with one attached hydrogen (secondary N) is 2. The maximum atomic E-state index is 13.4. The Morgan fingerprint density at radius 2 is 1.93 bits per heavy atom. The van der Waals surface area contributed by atoms with Crippen molar-refractivity contribution in [2.75, 3.05) is 12.4 Å². The molecule has 0 bridgehead atoms. The number of carbonyl (C=O) groups is 1. The van der Waals surface area contributed by atoms with Gasteiger partial charge in [0.25, 0.3) is 5.91 Å². The average Bonchev–Trinajstić information content (AvgIpc) is 2.65. The van der Waals surface area contributed by atoms with Gasteiger partial charge in [-0.2, -0.15) is 0 Å². The van der Waals surface area contributed by atoms with Crippen molar-refractivity contribution in [3.8, 4) is 23.0 Å². The zero-order chi connectivity index (χ0) is 20.3. The molecule has 3 rings (SSSR count). The molecule has 0 aliphatic rings. The van der Waals surface area contributed by atoms with Gasteiger partial charge in [0.1, 0.15) is 17.3 Å². The SMILES string of the molecule is COc1cc(F)ccc1Oc1cc(O)c(Cl)cc1C(=O)Nc1cc[nH]c(=O)c1. The largest absolute Gasteiger partial charge is 0.506 e. The van der Waals surface area contributed by atoms with Crippen LogP contribution >= 0.6 is 11.6 Å². The molecule has 0 saturated carbocycles. The van der Waals surface area contributed by atoms with Crippen molar-refractivity contribution in [3.63, 3.8) is 0 Å². The van der Waals surface area contributed by atoms with E-state index >= 15 is 0 Å². The highest BCUT2D eigenvalue weighted by atomic mass is 35.5. The molecule has 0 spiro atoms. The van der Waals surface area contributed by atoms with Crippen molar-refractivity contribution >= 4 is 23.2 Å². The standard InChI is InChI=1S/C19H14ClFN2O5/c1-27-17-6-10(21)2-3-15(17)28-16-9-14(24)13(20)8-12(16)19(26)23-11-4-5-22-18(25)7-11/h2-9,24H,1H3,(H2,22,23,25,26). The maximum absolute atomic E-state index is 13.4. The summed E-state index contributed by atoms with van der Waals surface area (Å²) in [6.07, 6.45) is 1.38. The molecule has 2 aromatic carbocycles. The number of aromatic amines is 1. The quantitative estimate of drug-likeness (QED) is 0.598. The molecule has 1 aromatic heterocycles. The van der Waals surface area contributed by atoms with E-state index in [1.165, 1.54) is 37.6 Å². The van der Waals surface area contributed by atoms with E-state index in [9.17, 15) is 19.1 Å². The molecule has 7 nitrogen and oxygen atoms in total. The van der Waals surface area contributed by atoms with E-state index in [1.807, 2.05) is 0 Å². The summed E-state index contributed by atoms with van der Waals surface area (Å²) in [7, 11) is 1.33. The number of ether oxygens (including phenoxy) is 2. The van der Waals surface area contributed by atoms with Crippen LogP contribution in [0.4, 0.5) is 10.1 Å². The average molecular weight is 405 g/mol. The number of rotatable bonds is 5. The van der Waals surface area contributed by atoms with Gasteiger partial charge in [-0.15, -0.1) is 0 Å². The summed E-state index contributed by atoms with van der Waals surface area (Å²) in [4.78, 5) is 26.5. The Bertz CT molecular complexity index is 1100. The van der Waals surface area contributed by atoms with Crippen LogP contribution in [0.1, 0.15) is 10.4 Å². The number of halogens is 2. The minimum absolute atomic E-state index is 0.0190. The van der Waals surface area contributed by atoms with Crippen LogP contribution in [0.15, 0.2) is 53.5 Å². The van der Waals surface area contributed by atoms with Crippen LogP contribution in [0.25, 0.3) is 0 Å². The van der Waals surface area contributed by atoms with Gasteiger partial charge in [-0.3, -0.25) is 9.59 Å². The first-order chi connectivity index (χ1) is 13.4. The molecular weight excluding hydrogens is 391 g/mol. The maximum Gasteiger partial charge on any atom is 0.259 e. The Labute approximate surface area is 163 Å². The first kappa shape index (κ1) is 19.2. The van der Waals surface area contributed by atoms with E-state index < -0.39 is 17.3 Å². The van der Waals surface area contributed by atoms with E-state index in [2.05, 4.69) is 10.3 Å². The van der Waals surface area contributed by atoms with Crippen LogP contribution < -0.4 is 20.3 Å². The number of aromatic hydroxyl groups is 1. The van der Waals surface area contributed by atoms with Gasteiger partial charge in [0, 0.05) is 30.1 Å². The fraction of sp³-hybridized carbons (Fsp3) is 0.0526. The number of hydrogen-bond acceptors (Lipinski definition) is 5. The number of phenolic OH excluding ortho intramolecular Hbond substituents is 1. The Hall–Kier alpha value is -3.52. The molecule has 144 valence electrons. The van der Waals surface area contributed by atoms with Crippen LogP contribution in [0.3, 0.4) is 0 Å².